The number of hydrogen-bond acceptors (Lipinski definition) is 4. The number of aryl methyl sites for hydroxylation is 2. The SMILES string of the molecule is Cc1ccc(/C=C2\N=C(COc3ccccc3)OC2=O)c(C)c1. The summed E-state index contributed by atoms with van der Waals surface area (Å²) >= 11 is 0. The van der Waals surface area contributed by atoms with Gasteiger partial charge in [0.15, 0.2) is 12.3 Å². The molecule has 0 saturated carbocycles. The van der Waals surface area contributed by atoms with Gasteiger partial charge < -0.3 is 9.47 Å². The Morgan fingerprint density at radius 1 is 1.13 bits per heavy atom. The number of carbonyl (C=O) groups excluding carboxylic acids is 1. The summed E-state index contributed by atoms with van der Waals surface area (Å²) in [6, 6.07) is 15.4. The molecule has 0 N–H and O–H groups in total. The number of aliphatic imine (C=N–C) groups is 1. The lowest BCUT2D eigenvalue weighted by atomic mass is 10.0. The zero-order valence-corrected chi connectivity index (χ0v) is 13.1. The average Bonchev–Trinajstić information content (AvgIpc) is 2.89. The van der Waals surface area contributed by atoms with E-state index in [1.165, 1.54) is 5.56 Å². The molecule has 2 aromatic rings. The summed E-state index contributed by atoms with van der Waals surface area (Å²) in [6.45, 7) is 4.16. The van der Waals surface area contributed by atoms with Crippen LogP contribution < -0.4 is 4.74 Å². The third-order valence-electron chi connectivity index (χ3n) is 3.49. The molecule has 0 amide bonds. The summed E-state index contributed by atoms with van der Waals surface area (Å²) < 4.78 is 10.7. The Labute approximate surface area is 135 Å². The lowest BCUT2D eigenvalue weighted by molar-refractivity contribution is -0.130. The molecule has 0 bridgehead atoms. The maximum absolute atomic E-state index is 11.9. The van der Waals surface area contributed by atoms with Gasteiger partial charge in [-0.3, -0.25) is 0 Å². The maximum Gasteiger partial charge on any atom is 0.363 e. The fraction of sp³-hybridized carbons (Fsp3) is 0.158. The highest BCUT2D eigenvalue weighted by Crippen LogP contribution is 2.19. The van der Waals surface area contributed by atoms with Gasteiger partial charge in [-0.25, -0.2) is 9.79 Å². The molecule has 1 aliphatic rings. The number of esters is 1. The van der Waals surface area contributed by atoms with Gasteiger partial charge in [-0.15, -0.1) is 0 Å². The molecule has 0 aliphatic carbocycles. The first-order valence-corrected chi connectivity index (χ1v) is 7.38. The van der Waals surface area contributed by atoms with Crippen LogP contribution in [-0.2, 0) is 9.53 Å². The molecule has 0 saturated heterocycles. The van der Waals surface area contributed by atoms with Gasteiger partial charge in [-0.2, -0.15) is 0 Å². The predicted octanol–water partition coefficient (Wildman–Crippen LogP) is 3.68. The molecule has 0 spiro atoms. The summed E-state index contributed by atoms with van der Waals surface area (Å²) in [7, 11) is 0. The number of para-hydroxylation sites is 1. The van der Waals surface area contributed by atoms with E-state index in [1.54, 1.807) is 6.08 Å². The van der Waals surface area contributed by atoms with Gasteiger partial charge in [0.2, 0.25) is 5.90 Å². The van der Waals surface area contributed by atoms with E-state index in [0.29, 0.717) is 11.4 Å². The molecule has 0 atom stereocenters. The highest BCUT2D eigenvalue weighted by atomic mass is 16.6. The van der Waals surface area contributed by atoms with Gasteiger partial charge in [0.1, 0.15) is 5.75 Å². The van der Waals surface area contributed by atoms with E-state index in [2.05, 4.69) is 11.1 Å². The highest BCUT2D eigenvalue weighted by Gasteiger charge is 2.23. The van der Waals surface area contributed by atoms with Crippen LogP contribution in [0.5, 0.6) is 5.75 Å². The van der Waals surface area contributed by atoms with Crippen LogP contribution in [0.25, 0.3) is 6.08 Å². The third-order valence-corrected chi connectivity index (χ3v) is 3.49. The van der Waals surface area contributed by atoms with Crippen molar-refractivity contribution >= 4 is 17.9 Å². The minimum Gasteiger partial charge on any atom is -0.484 e. The smallest absolute Gasteiger partial charge is 0.363 e. The molecular formula is C19H17NO3. The molecule has 4 nitrogen and oxygen atoms in total. The summed E-state index contributed by atoms with van der Waals surface area (Å²) in [4.78, 5) is 16.1. The fourth-order valence-electron chi connectivity index (χ4n) is 2.31. The van der Waals surface area contributed by atoms with Crippen molar-refractivity contribution in [3.8, 4) is 5.75 Å². The minimum atomic E-state index is -0.448. The van der Waals surface area contributed by atoms with Crippen LogP contribution in [0.1, 0.15) is 16.7 Å². The Morgan fingerprint density at radius 2 is 1.91 bits per heavy atom. The van der Waals surface area contributed by atoms with Gasteiger partial charge in [0.25, 0.3) is 0 Å². The van der Waals surface area contributed by atoms with Gasteiger partial charge in [0, 0.05) is 0 Å². The second-order valence-electron chi connectivity index (χ2n) is 5.39. The standard InChI is InChI=1S/C19H17NO3/c1-13-8-9-15(14(2)10-13)11-17-19(21)23-18(20-17)12-22-16-6-4-3-5-7-16/h3-11H,12H2,1-2H3/b17-11-. The predicted molar refractivity (Wildman–Crippen MR) is 89.4 cm³/mol. The van der Waals surface area contributed by atoms with E-state index in [9.17, 15) is 4.79 Å². The Hall–Kier alpha value is -2.88. The van der Waals surface area contributed by atoms with Crippen LogP contribution in [0.2, 0.25) is 0 Å². The van der Waals surface area contributed by atoms with Crippen molar-refractivity contribution in [2.75, 3.05) is 6.61 Å². The fourth-order valence-corrected chi connectivity index (χ4v) is 2.31. The quantitative estimate of drug-likeness (QED) is 0.639. The number of ether oxygens (including phenoxy) is 2. The van der Waals surface area contributed by atoms with Gasteiger partial charge in [-0.1, -0.05) is 42.0 Å². The number of benzene rings is 2. The van der Waals surface area contributed by atoms with Crippen LogP contribution in [-0.4, -0.2) is 18.5 Å². The molecule has 116 valence electrons. The Morgan fingerprint density at radius 3 is 2.65 bits per heavy atom. The Bertz CT molecular complexity index is 792. The molecule has 0 radical (unpaired) electrons. The van der Waals surface area contributed by atoms with Gasteiger partial charge in [0.05, 0.1) is 0 Å². The van der Waals surface area contributed by atoms with Crippen molar-refractivity contribution in [2.24, 2.45) is 4.99 Å². The van der Waals surface area contributed by atoms with E-state index in [0.717, 1.165) is 11.1 Å². The zero-order chi connectivity index (χ0) is 16.2. The van der Waals surface area contributed by atoms with Crippen LogP contribution in [0.3, 0.4) is 0 Å². The zero-order valence-electron chi connectivity index (χ0n) is 13.1. The molecule has 1 heterocycles. The molecule has 0 aromatic heterocycles. The molecule has 3 rings (SSSR count). The van der Waals surface area contributed by atoms with E-state index in [4.69, 9.17) is 9.47 Å². The average molecular weight is 307 g/mol. The second-order valence-corrected chi connectivity index (χ2v) is 5.39. The summed E-state index contributed by atoms with van der Waals surface area (Å²) in [5.41, 5.74) is 3.52. The van der Waals surface area contributed by atoms with Crippen LogP contribution >= 0.6 is 0 Å². The summed E-state index contributed by atoms with van der Waals surface area (Å²) in [5, 5.41) is 0. The van der Waals surface area contributed by atoms with Gasteiger partial charge in [-0.05, 0) is 43.2 Å². The number of rotatable bonds is 4. The highest BCUT2D eigenvalue weighted by molar-refractivity contribution is 6.07. The summed E-state index contributed by atoms with van der Waals surface area (Å²) in [6.07, 6.45) is 1.74. The van der Waals surface area contributed by atoms with E-state index in [-0.39, 0.29) is 12.5 Å². The van der Waals surface area contributed by atoms with Crippen molar-refractivity contribution in [3.05, 3.63) is 70.9 Å². The molecule has 4 heteroatoms. The first kappa shape index (κ1) is 15.0. The van der Waals surface area contributed by atoms with E-state index >= 15 is 0 Å². The van der Waals surface area contributed by atoms with Crippen molar-refractivity contribution in [3.63, 3.8) is 0 Å². The lowest BCUT2D eigenvalue weighted by Gasteiger charge is -2.03. The van der Waals surface area contributed by atoms with E-state index < -0.39 is 5.97 Å². The number of hydrogen-bond donors (Lipinski definition) is 0. The van der Waals surface area contributed by atoms with Crippen molar-refractivity contribution in [1.29, 1.82) is 0 Å². The Balaban J connectivity index is 1.74. The first-order valence-electron chi connectivity index (χ1n) is 7.38. The number of nitrogens with zero attached hydrogens (tertiary/aromatic N) is 1. The number of cyclic esters (lactones) is 1. The minimum absolute atomic E-state index is 0.125. The van der Waals surface area contributed by atoms with Crippen LogP contribution in [0, 0.1) is 13.8 Å². The first-order chi connectivity index (χ1) is 11.1. The van der Waals surface area contributed by atoms with Crippen LogP contribution in [0.15, 0.2) is 59.2 Å². The molecule has 2 aromatic carbocycles. The van der Waals surface area contributed by atoms with Crippen molar-refractivity contribution < 1.29 is 14.3 Å². The Kier molecular flexibility index (Phi) is 4.24. The van der Waals surface area contributed by atoms with Gasteiger partial charge >= 0.3 is 5.97 Å². The topological polar surface area (TPSA) is 47.9 Å². The molecule has 0 fully saturated rings. The van der Waals surface area contributed by atoms with Crippen molar-refractivity contribution in [1.82, 2.24) is 0 Å². The molecule has 23 heavy (non-hydrogen) atoms. The third kappa shape index (κ3) is 3.66. The number of carbonyl (C=O) groups is 1. The molecular weight excluding hydrogens is 290 g/mol. The largest absolute Gasteiger partial charge is 0.484 e. The summed E-state index contributed by atoms with van der Waals surface area (Å²) in [5.74, 6) is 0.532. The van der Waals surface area contributed by atoms with E-state index in [1.807, 2.05) is 56.3 Å². The van der Waals surface area contributed by atoms with Crippen LogP contribution in [0.4, 0.5) is 0 Å². The normalized spacial score (nSPS) is 15.5. The molecule has 1 aliphatic heterocycles. The molecule has 0 unspecified atom stereocenters. The monoisotopic (exact) mass is 307 g/mol. The van der Waals surface area contributed by atoms with Crippen molar-refractivity contribution in [2.45, 2.75) is 13.8 Å². The lowest BCUT2D eigenvalue weighted by Crippen LogP contribution is -2.13. The maximum atomic E-state index is 11.9. The second kappa shape index (κ2) is 6.48.